The van der Waals surface area contributed by atoms with Crippen molar-refractivity contribution >= 4 is 16.8 Å². The number of carbonyl (C=O) groups excluding carboxylic acids is 1. The Bertz CT molecular complexity index is 375. The van der Waals surface area contributed by atoms with E-state index in [0.717, 1.165) is 5.56 Å². The van der Waals surface area contributed by atoms with Gasteiger partial charge in [0, 0.05) is 5.56 Å². The third-order valence-electron chi connectivity index (χ3n) is 2.18. The van der Waals surface area contributed by atoms with Crippen LogP contribution in [0.4, 0.5) is 0 Å². The minimum atomic E-state index is -0.527. The van der Waals surface area contributed by atoms with Crippen LogP contribution in [0.5, 0.6) is 11.5 Å². The number of halogens is 1. The number of hydrogen-bond donors (Lipinski definition) is 0. The van der Waals surface area contributed by atoms with Crippen molar-refractivity contribution in [1.29, 1.82) is 0 Å². The average molecular weight is 243 g/mol. The van der Waals surface area contributed by atoms with Gasteiger partial charge in [-0.25, -0.2) is 0 Å². The van der Waals surface area contributed by atoms with Crippen LogP contribution in [0.3, 0.4) is 0 Å². The summed E-state index contributed by atoms with van der Waals surface area (Å²) >= 11 is 5.25. The molecule has 0 amide bonds. The quantitative estimate of drug-likeness (QED) is 0.745. The zero-order valence-electron chi connectivity index (χ0n) is 9.62. The molecule has 4 heteroatoms. The Morgan fingerprint density at radius 1 is 1.44 bits per heavy atom. The number of ether oxygens (including phenoxy) is 2. The van der Waals surface area contributed by atoms with Crippen LogP contribution in [0.2, 0.25) is 0 Å². The molecule has 0 aromatic heterocycles. The van der Waals surface area contributed by atoms with Crippen LogP contribution in [-0.4, -0.2) is 19.0 Å². The lowest BCUT2D eigenvalue weighted by Crippen LogP contribution is -2.08. The highest BCUT2D eigenvalue weighted by atomic mass is 35.5. The molecule has 88 valence electrons. The van der Waals surface area contributed by atoms with Gasteiger partial charge >= 0.3 is 0 Å². The van der Waals surface area contributed by atoms with Gasteiger partial charge in [-0.3, -0.25) is 4.79 Å². The fourth-order valence-electron chi connectivity index (χ4n) is 1.43. The van der Waals surface area contributed by atoms with Crippen molar-refractivity contribution in [3.8, 4) is 11.5 Å². The summed E-state index contributed by atoms with van der Waals surface area (Å²) in [7, 11) is 1.56. The molecule has 0 radical (unpaired) electrons. The van der Waals surface area contributed by atoms with Crippen molar-refractivity contribution in [3.05, 3.63) is 23.8 Å². The standard InChI is InChI=1S/C12H15ClO3/c1-8(2)9-5-4-6-10(15-3)12(9)16-7-11(13)14/h4-6,8H,7H2,1-3H3. The van der Waals surface area contributed by atoms with Gasteiger partial charge < -0.3 is 9.47 Å². The zero-order valence-corrected chi connectivity index (χ0v) is 10.4. The lowest BCUT2D eigenvalue weighted by Gasteiger charge is -2.16. The summed E-state index contributed by atoms with van der Waals surface area (Å²) in [5, 5.41) is -0.527. The van der Waals surface area contributed by atoms with Gasteiger partial charge in [0.2, 0.25) is 0 Å². The Kier molecular flexibility index (Phi) is 4.62. The number of rotatable bonds is 5. The van der Waals surface area contributed by atoms with Gasteiger partial charge in [-0.2, -0.15) is 0 Å². The molecule has 1 rings (SSSR count). The molecule has 1 aromatic rings. The topological polar surface area (TPSA) is 35.5 Å². The molecule has 0 N–H and O–H groups in total. The van der Waals surface area contributed by atoms with Crippen LogP contribution in [-0.2, 0) is 4.79 Å². The van der Waals surface area contributed by atoms with E-state index in [4.69, 9.17) is 21.1 Å². The average Bonchev–Trinajstić information content (AvgIpc) is 2.25. The van der Waals surface area contributed by atoms with E-state index in [1.807, 2.05) is 26.0 Å². The number of hydrogen-bond acceptors (Lipinski definition) is 3. The van der Waals surface area contributed by atoms with Gasteiger partial charge in [0.1, 0.15) is 0 Å². The predicted octanol–water partition coefficient (Wildman–Crippen LogP) is 2.96. The van der Waals surface area contributed by atoms with E-state index in [1.165, 1.54) is 0 Å². The fourth-order valence-corrected chi connectivity index (χ4v) is 1.49. The first-order chi connectivity index (χ1) is 7.56. The Hall–Kier alpha value is -1.22. The maximum Gasteiger partial charge on any atom is 0.259 e. The third kappa shape index (κ3) is 3.14. The van der Waals surface area contributed by atoms with Crippen LogP contribution in [0.1, 0.15) is 25.3 Å². The first-order valence-electron chi connectivity index (χ1n) is 5.04. The Morgan fingerprint density at radius 2 is 2.12 bits per heavy atom. The van der Waals surface area contributed by atoms with Crippen LogP contribution in [0.15, 0.2) is 18.2 Å². The van der Waals surface area contributed by atoms with E-state index in [1.54, 1.807) is 13.2 Å². The monoisotopic (exact) mass is 242 g/mol. The summed E-state index contributed by atoms with van der Waals surface area (Å²) in [6, 6.07) is 5.63. The van der Waals surface area contributed by atoms with Crippen molar-refractivity contribution < 1.29 is 14.3 Å². The maximum atomic E-state index is 10.7. The van der Waals surface area contributed by atoms with Gasteiger partial charge in [0.15, 0.2) is 18.1 Å². The number of carbonyl (C=O) groups is 1. The summed E-state index contributed by atoms with van der Waals surface area (Å²) < 4.78 is 10.6. The smallest absolute Gasteiger partial charge is 0.259 e. The summed E-state index contributed by atoms with van der Waals surface area (Å²) in [4.78, 5) is 10.7. The van der Waals surface area contributed by atoms with Gasteiger partial charge in [-0.1, -0.05) is 26.0 Å². The fraction of sp³-hybridized carbons (Fsp3) is 0.417. The minimum absolute atomic E-state index is 0.151. The molecule has 0 atom stereocenters. The van der Waals surface area contributed by atoms with Crippen LogP contribution in [0, 0.1) is 0 Å². The Morgan fingerprint density at radius 3 is 2.62 bits per heavy atom. The summed E-state index contributed by atoms with van der Waals surface area (Å²) in [6.07, 6.45) is 0. The molecule has 0 fully saturated rings. The zero-order chi connectivity index (χ0) is 12.1. The SMILES string of the molecule is COc1cccc(C(C)C)c1OCC(=O)Cl. The van der Waals surface area contributed by atoms with E-state index < -0.39 is 5.24 Å². The lowest BCUT2D eigenvalue weighted by molar-refractivity contribution is -0.113. The second kappa shape index (κ2) is 5.75. The second-order valence-corrected chi connectivity index (χ2v) is 4.10. The Labute approximate surface area is 100 Å². The first kappa shape index (κ1) is 12.8. The largest absolute Gasteiger partial charge is 0.493 e. The molecule has 0 heterocycles. The van der Waals surface area contributed by atoms with E-state index >= 15 is 0 Å². The van der Waals surface area contributed by atoms with Gasteiger partial charge in [0.05, 0.1) is 7.11 Å². The van der Waals surface area contributed by atoms with E-state index in [2.05, 4.69) is 0 Å². The number of para-hydroxylation sites is 1. The maximum absolute atomic E-state index is 10.7. The molecule has 1 aromatic carbocycles. The van der Waals surface area contributed by atoms with Crippen molar-refractivity contribution in [1.82, 2.24) is 0 Å². The molecule has 0 unspecified atom stereocenters. The summed E-state index contributed by atoms with van der Waals surface area (Å²) in [5.74, 6) is 1.49. The summed E-state index contributed by atoms with van der Waals surface area (Å²) in [6.45, 7) is 3.94. The highest BCUT2D eigenvalue weighted by molar-refractivity contribution is 6.63. The molecule has 0 aliphatic carbocycles. The molecule has 0 spiro atoms. The van der Waals surface area contributed by atoms with Gasteiger partial charge in [-0.05, 0) is 23.6 Å². The highest BCUT2D eigenvalue weighted by Crippen LogP contribution is 2.35. The molecule has 0 aliphatic heterocycles. The molecular weight excluding hydrogens is 228 g/mol. The summed E-state index contributed by atoms with van der Waals surface area (Å²) in [5.41, 5.74) is 0.997. The van der Waals surface area contributed by atoms with Crippen molar-refractivity contribution in [3.63, 3.8) is 0 Å². The molecule has 0 bridgehead atoms. The van der Waals surface area contributed by atoms with Crippen LogP contribution in [0.25, 0.3) is 0 Å². The Balaban J connectivity index is 3.04. The molecule has 3 nitrogen and oxygen atoms in total. The minimum Gasteiger partial charge on any atom is -0.493 e. The first-order valence-corrected chi connectivity index (χ1v) is 5.42. The van der Waals surface area contributed by atoms with E-state index in [9.17, 15) is 4.79 Å². The van der Waals surface area contributed by atoms with Crippen LogP contribution < -0.4 is 9.47 Å². The molecular formula is C12H15ClO3. The second-order valence-electron chi connectivity index (χ2n) is 3.68. The van der Waals surface area contributed by atoms with Gasteiger partial charge in [-0.15, -0.1) is 0 Å². The molecule has 0 saturated carbocycles. The van der Waals surface area contributed by atoms with Crippen molar-refractivity contribution in [2.45, 2.75) is 19.8 Å². The van der Waals surface area contributed by atoms with Crippen molar-refractivity contribution in [2.75, 3.05) is 13.7 Å². The third-order valence-corrected chi connectivity index (χ3v) is 2.29. The number of benzene rings is 1. The van der Waals surface area contributed by atoms with Crippen molar-refractivity contribution in [2.24, 2.45) is 0 Å². The van der Waals surface area contributed by atoms with Gasteiger partial charge in [0.25, 0.3) is 5.24 Å². The van der Waals surface area contributed by atoms with Crippen LogP contribution >= 0.6 is 11.6 Å². The van der Waals surface area contributed by atoms with E-state index in [-0.39, 0.29) is 12.5 Å². The molecule has 16 heavy (non-hydrogen) atoms. The predicted molar refractivity (Wildman–Crippen MR) is 63.4 cm³/mol. The lowest BCUT2D eigenvalue weighted by atomic mass is 10.0. The molecule has 0 aliphatic rings. The normalized spacial score (nSPS) is 10.3. The number of methoxy groups -OCH3 is 1. The highest BCUT2D eigenvalue weighted by Gasteiger charge is 2.14. The van der Waals surface area contributed by atoms with E-state index in [0.29, 0.717) is 11.5 Å². The molecule has 0 saturated heterocycles.